The standard InChI is InChI=1S/C14H12Cl2N2O/c1-19-11-4-2-3-9(15)13(11)14-17-10(8-5-6-8)7-12(16)18-14/h2-4,7-8H,5-6H2,1H3. The smallest absolute Gasteiger partial charge is 0.166 e. The Morgan fingerprint density at radius 2 is 2.00 bits per heavy atom. The van der Waals surface area contributed by atoms with Gasteiger partial charge in [-0.3, -0.25) is 0 Å². The molecule has 0 aliphatic heterocycles. The van der Waals surface area contributed by atoms with Crippen LogP contribution in [0.5, 0.6) is 5.75 Å². The Bertz CT molecular complexity index is 627. The summed E-state index contributed by atoms with van der Waals surface area (Å²) in [6.07, 6.45) is 2.32. The van der Waals surface area contributed by atoms with E-state index in [9.17, 15) is 0 Å². The molecule has 1 aliphatic rings. The molecule has 3 nitrogen and oxygen atoms in total. The molecule has 0 radical (unpaired) electrons. The van der Waals surface area contributed by atoms with E-state index >= 15 is 0 Å². The van der Waals surface area contributed by atoms with E-state index in [0.29, 0.717) is 33.2 Å². The summed E-state index contributed by atoms with van der Waals surface area (Å²) in [6.45, 7) is 0. The molecule has 1 aromatic heterocycles. The van der Waals surface area contributed by atoms with Gasteiger partial charge in [-0.15, -0.1) is 0 Å². The van der Waals surface area contributed by atoms with Gasteiger partial charge in [0.15, 0.2) is 5.82 Å². The van der Waals surface area contributed by atoms with Crippen molar-refractivity contribution < 1.29 is 4.74 Å². The maximum atomic E-state index is 6.24. The van der Waals surface area contributed by atoms with Crippen LogP contribution in [0.3, 0.4) is 0 Å². The van der Waals surface area contributed by atoms with Gasteiger partial charge in [-0.1, -0.05) is 29.3 Å². The number of rotatable bonds is 3. The number of aromatic nitrogens is 2. The van der Waals surface area contributed by atoms with Crippen molar-refractivity contribution in [1.29, 1.82) is 0 Å². The third-order valence-corrected chi connectivity index (χ3v) is 3.64. The van der Waals surface area contributed by atoms with Crippen LogP contribution in [0.2, 0.25) is 10.2 Å². The molecule has 0 amide bonds. The zero-order valence-corrected chi connectivity index (χ0v) is 11.9. The first-order valence-electron chi connectivity index (χ1n) is 6.06. The van der Waals surface area contributed by atoms with E-state index in [0.717, 1.165) is 18.5 Å². The number of halogens is 2. The molecule has 98 valence electrons. The molecule has 0 saturated heterocycles. The molecule has 1 aliphatic carbocycles. The van der Waals surface area contributed by atoms with Crippen molar-refractivity contribution in [3.05, 3.63) is 40.1 Å². The highest BCUT2D eigenvalue weighted by Gasteiger charge is 2.27. The first kappa shape index (κ1) is 12.7. The average Bonchev–Trinajstić information content (AvgIpc) is 3.21. The monoisotopic (exact) mass is 294 g/mol. The van der Waals surface area contributed by atoms with Gasteiger partial charge in [0.2, 0.25) is 0 Å². The molecule has 0 atom stereocenters. The van der Waals surface area contributed by atoms with Crippen LogP contribution in [0.25, 0.3) is 11.4 Å². The lowest BCUT2D eigenvalue weighted by Crippen LogP contribution is -1.97. The Morgan fingerprint density at radius 3 is 2.68 bits per heavy atom. The van der Waals surface area contributed by atoms with Crippen LogP contribution in [-0.4, -0.2) is 17.1 Å². The minimum absolute atomic E-state index is 0.439. The molecule has 0 spiro atoms. The molecule has 19 heavy (non-hydrogen) atoms. The minimum Gasteiger partial charge on any atom is -0.496 e. The molecule has 1 fully saturated rings. The molecular formula is C14H12Cl2N2O. The van der Waals surface area contributed by atoms with Crippen LogP contribution < -0.4 is 4.74 Å². The van der Waals surface area contributed by atoms with Crippen molar-refractivity contribution in [2.75, 3.05) is 7.11 Å². The summed E-state index contributed by atoms with van der Waals surface area (Å²) >= 11 is 12.3. The first-order chi connectivity index (χ1) is 9.19. The van der Waals surface area contributed by atoms with Crippen LogP contribution in [-0.2, 0) is 0 Å². The fourth-order valence-corrected chi connectivity index (χ4v) is 2.47. The molecular weight excluding hydrogens is 283 g/mol. The molecule has 0 bridgehead atoms. The summed E-state index contributed by atoms with van der Waals surface area (Å²) in [7, 11) is 1.60. The Hall–Kier alpha value is -1.32. The topological polar surface area (TPSA) is 35.0 Å². The molecule has 0 N–H and O–H groups in total. The van der Waals surface area contributed by atoms with Gasteiger partial charge in [0.1, 0.15) is 10.9 Å². The zero-order valence-electron chi connectivity index (χ0n) is 10.4. The van der Waals surface area contributed by atoms with E-state index in [1.807, 2.05) is 18.2 Å². The van der Waals surface area contributed by atoms with Crippen molar-refractivity contribution in [2.24, 2.45) is 0 Å². The lowest BCUT2D eigenvalue weighted by molar-refractivity contribution is 0.416. The van der Waals surface area contributed by atoms with Gasteiger partial charge < -0.3 is 4.74 Å². The Kier molecular flexibility index (Phi) is 3.33. The van der Waals surface area contributed by atoms with Crippen LogP contribution in [0.15, 0.2) is 24.3 Å². The van der Waals surface area contributed by atoms with Crippen LogP contribution in [0, 0.1) is 0 Å². The largest absolute Gasteiger partial charge is 0.496 e. The molecule has 2 aromatic rings. The van der Waals surface area contributed by atoms with Gasteiger partial charge in [0.25, 0.3) is 0 Å². The molecule has 1 heterocycles. The third kappa shape index (κ3) is 2.53. The zero-order chi connectivity index (χ0) is 13.4. The molecule has 5 heteroatoms. The number of hydrogen-bond acceptors (Lipinski definition) is 3. The Labute approximate surface area is 121 Å². The van der Waals surface area contributed by atoms with Crippen molar-refractivity contribution in [2.45, 2.75) is 18.8 Å². The van der Waals surface area contributed by atoms with Crippen LogP contribution in [0.1, 0.15) is 24.5 Å². The summed E-state index contributed by atoms with van der Waals surface area (Å²) < 4.78 is 5.33. The highest BCUT2D eigenvalue weighted by molar-refractivity contribution is 6.33. The third-order valence-electron chi connectivity index (χ3n) is 3.13. The van der Waals surface area contributed by atoms with Crippen molar-refractivity contribution in [3.63, 3.8) is 0 Å². The van der Waals surface area contributed by atoms with E-state index in [-0.39, 0.29) is 0 Å². The summed E-state index contributed by atoms with van der Waals surface area (Å²) in [5.41, 5.74) is 1.67. The van der Waals surface area contributed by atoms with Gasteiger partial charge in [0.05, 0.1) is 17.7 Å². The normalized spacial score (nSPS) is 14.5. The number of nitrogens with zero attached hydrogens (tertiary/aromatic N) is 2. The second kappa shape index (κ2) is 4.99. The predicted molar refractivity (Wildman–Crippen MR) is 76.0 cm³/mol. The van der Waals surface area contributed by atoms with Gasteiger partial charge >= 0.3 is 0 Å². The molecule has 3 rings (SSSR count). The minimum atomic E-state index is 0.439. The molecule has 0 unspecified atom stereocenters. The highest BCUT2D eigenvalue weighted by Crippen LogP contribution is 2.41. The summed E-state index contributed by atoms with van der Waals surface area (Å²) in [6, 6.07) is 7.28. The Balaban J connectivity index is 2.16. The number of hydrogen-bond donors (Lipinski definition) is 0. The SMILES string of the molecule is COc1cccc(Cl)c1-c1nc(Cl)cc(C2CC2)n1. The summed E-state index contributed by atoms with van der Waals surface area (Å²) in [4.78, 5) is 8.85. The van der Waals surface area contributed by atoms with Gasteiger partial charge in [-0.05, 0) is 31.0 Å². The van der Waals surface area contributed by atoms with Crippen LogP contribution in [0.4, 0.5) is 0 Å². The van der Waals surface area contributed by atoms with Gasteiger partial charge in [0, 0.05) is 11.6 Å². The van der Waals surface area contributed by atoms with E-state index in [1.54, 1.807) is 13.2 Å². The average molecular weight is 295 g/mol. The van der Waals surface area contributed by atoms with Crippen molar-refractivity contribution in [1.82, 2.24) is 9.97 Å². The maximum Gasteiger partial charge on any atom is 0.166 e. The van der Waals surface area contributed by atoms with E-state index < -0.39 is 0 Å². The second-order valence-electron chi connectivity index (χ2n) is 4.53. The second-order valence-corrected chi connectivity index (χ2v) is 5.32. The lowest BCUT2D eigenvalue weighted by Gasteiger charge is -2.10. The summed E-state index contributed by atoms with van der Waals surface area (Å²) in [5, 5.41) is 0.997. The molecule has 1 aromatic carbocycles. The Morgan fingerprint density at radius 1 is 1.21 bits per heavy atom. The number of methoxy groups -OCH3 is 1. The quantitative estimate of drug-likeness (QED) is 0.790. The number of benzene rings is 1. The van der Waals surface area contributed by atoms with Gasteiger partial charge in [-0.2, -0.15) is 0 Å². The fourth-order valence-electron chi connectivity index (χ4n) is 2.03. The summed E-state index contributed by atoms with van der Waals surface area (Å²) in [5.74, 6) is 1.68. The predicted octanol–water partition coefficient (Wildman–Crippen LogP) is 4.34. The van der Waals surface area contributed by atoms with E-state index in [4.69, 9.17) is 27.9 Å². The maximum absolute atomic E-state index is 6.24. The van der Waals surface area contributed by atoms with E-state index in [1.165, 1.54) is 0 Å². The molecule has 1 saturated carbocycles. The van der Waals surface area contributed by atoms with E-state index in [2.05, 4.69) is 9.97 Å². The van der Waals surface area contributed by atoms with Crippen molar-refractivity contribution in [3.8, 4) is 17.1 Å². The van der Waals surface area contributed by atoms with Crippen LogP contribution >= 0.6 is 23.2 Å². The first-order valence-corrected chi connectivity index (χ1v) is 6.82. The number of ether oxygens (including phenoxy) is 1. The van der Waals surface area contributed by atoms with Gasteiger partial charge in [-0.25, -0.2) is 9.97 Å². The lowest BCUT2D eigenvalue weighted by atomic mass is 10.1. The fraction of sp³-hybridized carbons (Fsp3) is 0.286. The highest BCUT2D eigenvalue weighted by atomic mass is 35.5. The van der Waals surface area contributed by atoms with Crippen molar-refractivity contribution >= 4 is 23.2 Å².